The van der Waals surface area contributed by atoms with Gasteiger partial charge < -0.3 is 5.11 Å². The van der Waals surface area contributed by atoms with Gasteiger partial charge in [-0.1, -0.05) is 0 Å². The van der Waals surface area contributed by atoms with Crippen molar-refractivity contribution in [1.29, 1.82) is 0 Å². The summed E-state index contributed by atoms with van der Waals surface area (Å²) in [7, 11) is 0. The van der Waals surface area contributed by atoms with E-state index in [0.29, 0.717) is 11.3 Å². The number of benzene rings is 1. The number of aromatic nitrogens is 2. The zero-order chi connectivity index (χ0) is 14.9. The van der Waals surface area contributed by atoms with Crippen LogP contribution in [0.2, 0.25) is 0 Å². The highest BCUT2D eigenvalue weighted by Gasteiger charge is 2.31. The lowest BCUT2D eigenvalue weighted by atomic mass is 10.0. The zero-order valence-corrected chi connectivity index (χ0v) is 11.1. The van der Waals surface area contributed by atoms with Crippen LogP contribution in [0.5, 0.6) is 0 Å². The Morgan fingerprint density at radius 3 is 2.50 bits per heavy atom. The summed E-state index contributed by atoms with van der Waals surface area (Å²) in [6.07, 6.45) is -2.89. The largest absolute Gasteiger partial charge is 0.416 e. The van der Waals surface area contributed by atoms with Crippen molar-refractivity contribution in [2.24, 2.45) is 0 Å². The molecule has 3 nitrogen and oxygen atoms in total. The summed E-state index contributed by atoms with van der Waals surface area (Å²) in [5.41, 5.74) is 0.456. The van der Waals surface area contributed by atoms with Crippen LogP contribution in [-0.2, 0) is 12.8 Å². The summed E-state index contributed by atoms with van der Waals surface area (Å²) in [4.78, 5) is 0. The van der Waals surface area contributed by atoms with Gasteiger partial charge in [-0.3, -0.25) is 4.68 Å². The molecule has 0 unspecified atom stereocenters. The van der Waals surface area contributed by atoms with Crippen LogP contribution in [-0.4, -0.2) is 14.9 Å². The van der Waals surface area contributed by atoms with E-state index in [-0.39, 0.29) is 11.6 Å². The fourth-order valence-corrected chi connectivity index (χ4v) is 2.05. The normalized spacial score (nSPS) is 12.2. The van der Waals surface area contributed by atoms with Gasteiger partial charge in [-0.25, -0.2) is 0 Å². The Morgan fingerprint density at radius 2 is 1.95 bits per heavy atom. The SMILES string of the molecule is CC(C)n1nccc1-c1cc(CO)cc(C(F)(F)F)c1. The predicted octanol–water partition coefficient (Wildman–Crippen LogP) is 3.64. The van der Waals surface area contributed by atoms with Crippen LogP contribution in [0.25, 0.3) is 11.3 Å². The first kappa shape index (κ1) is 14.6. The Kier molecular flexibility index (Phi) is 3.85. The molecule has 108 valence electrons. The Bertz CT molecular complexity index is 603. The number of rotatable bonds is 3. The van der Waals surface area contributed by atoms with Gasteiger partial charge in [-0.15, -0.1) is 0 Å². The smallest absolute Gasteiger partial charge is 0.392 e. The van der Waals surface area contributed by atoms with Crippen LogP contribution < -0.4 is 0 Å². The zero-order valence-electron chi connectivity index (χ0n) is 11.1. The van der Waals surface area contributed by atoms with Crippen molar-refractivity contribution in [3.8, 4) is 11.3 Å². The fraction of sp³-hybridized carbons (Fsp3) is 0.357. The van der Waals surface area contributed by atoms with Crippen molar-refractivity contribution in [3.05, 3.63) is 41.6 Å². The second kappa shape index (κ2) is 5.28. The van der Waals surface area contributed by atoms with E-state index in [9.17, 15) is 13.2 Å². The van der Waals surface area contributed by atoms with Crippen LogP contribution in [0, 0.1) is 0 Å². The van der Waals surface area contributed by atoms with E-state index >= 15 is 0 Å². The van der Waals surface area contributed by atoms with Gasteiger partial charge in [-0.05, 0) is 43.7 Å². The van der Waals surface area contributed by atoms with Gasteiger partial charge >= 0.3 is 6.18 Å². The predicted molar refractivity (Wildman–Crippen MR) is 69.0 cm³/mol. The van der Waals surface area contributed by atoms with Gasteiger partial charge in [0, 0.05) is 17.8 Å². The lowest BCUT2D eigenvalue weighted by molar-refractivity contribution is -0.137. The Labute approximate surface area is 114 Å². The molecule has 0 atom stereocenters. The van der Waals surface area contributed by atoms with Gasteiger partial charge in [-0.2, -0.15) is 18.3 Å². The van der Waals surface area contributed by atoms with Crippen LogP contribution in [0.4, 0.5) is 13.2 Å². The summed E-state index contributed by atoms with van der Waals surface area (Å²) in [5.74, 6) is 0. The highest BCUT2D eigenvalue weighted by atomic mass is 19.4. The van der Waals surface area contributed by atoms with E-state index in [1.54, 1.807) is 23.0 Å². The Morgan fingerprint density at radius 1 is 1.25 bits per heavy atom. The number of halogens is 3. The van der Waals surface area contributed by atoms with Crippen LogP contribution >= 0.6 is 0 Å². The average Bonchev–Trinajstić information content (AvgIpc) is 2.86. The van der Waals surface area contributed by atoms with Crippen LogP contribution in [0.1, 0.15) is 31.0 Å². The molecule has 1 aromatic heterocycles. The first-order chi connectivity index (χ1) is 9.32. The summed E-state index contributed by atoms with van der Waals surface area (Å²) < 4.78 is 40.3. The van der Waals surface area contributed by atoms with Gasteiger partial charge in [0.2, 0.25) is 0 Å². The first-order valence-electron chi connectivity index (χ1n) is 6.19. The van der Waals surface area contributed by atoms with Crippen molar-refractivity contribution in [2.45, 2.75) is 32.7 Å². The maximum Gasteiger partial charge on any atom is 0.416 e. The second-order valence-electron chi connectivity index (χ2n) is 4.83. The third-order valence-corrected chi connectivity index (χ3v) is 2.96. The summed E-state index contributed by atoms with van der Waals surface area (Å²) >= 11 is 0. The fourth-order valence-electron chi connectivity index (χ4n) is 2.05. The Hall–Kier alpha value is -1.82. The molecule has 0 fully saturated rings. The van der Waals surface area contributed by atoms with E-state index in [1.807, 2.05) is 13.8 Å². The molecular weight excluding hydrogens is 269 g/mol. The molecule has 2 aromatic rings. The minimum atomic E-state index is -4.44. The molecule has 0 saturated carbocycles. The maximum atomic E-state index is 12.9. The molecule has 0 aliphatic carbocycles. The highest BCUT2D eigenvalue weighted by Crippen LogP contribution is 2.34. The second-order valence-corrected chi connectivity index (χ2v) is 4.83. The molecule has 0 amide bonds. The van der Waals surface area contributed by atoms with Gasteiger partial charge in [0.15, 0.2) is 0 Å². The molecule has 0 spiro atoms. The molecule has 1 aromatic carbocycles. The van der Waals surface area contributed by atoms with Crippen LogP contribution in [0.15, 0.2) is 30.5 Å². The molecule has 0 saturated heterocycles. The van der Waals surface area contributed by atoms with Crippen molar-refractivity contribution < 1.29 is 18.3 Å². The van der Waals surface area contributed by atoms with E-state index in [1.165, 1.54) is 0 Å². The molecule has 1 N–H and O–H groups in total. The van der Waals surface area contributed by atoms with Crippen molar-refractivity contribution in [2.75, 3.05) is 0 Å². The number of aliphatic hydroxyl groups is 1. The Balaban J connectivity index is 2.59. The van der Waals surface area contributed by atoms with E-state index in [4.69, 9.17) is 5.11 Å². The average molecular weight is 284 g/mol. The molecule has 1 heterocycles. The lowest BCUT2D eigenvalue weighted by Gasteiger charge is -2.14. The van der Waals surface area contributed by atoms with E-state index in [0.717, 1.165) is 12.1 Å². The summed E-state index contributed by atoms with van der Waals surface area (Å²) in [6, 6.07) is 5.28. The molecule has 6 heteroatoms. The highest BCUT2D eigenvalue weighted by molar-refractivity contribution is 5.62. The quantitative estimate of drug-likeness (QED) is 0.934. The monoisotopic (exact) mass is 284 g/mol. The number of aliphatic hydroxyl groups excluding tert-OH is 1. The molecule has 20 heavy (non-hydrogen) atoms. The van der Waals surface area contributed by atoms with Gasteiger partial charge in [0.25, 0.3) is 0 Å². The topological polar surface area (TPSA) is 38.0 Å². The minimum absolute atomic E-state index is 0.0344. The van der Waals surface area contributed by atoms with E-state index < -0.39 is 18.3 Å². The third kappa shape index (κ3) is 2.85. The molecule has 0 aliphatic heterocycles. The number of nitrogens with zero attached hydrogens (tertiary/aromatic N) is 2. The maximum absolute atomic E-state index is 12.9. The summed E-state index contributed by atoms with van der Waals surface area (Å²) in [5, 5.41) is 13.3. The molecule has 0 bridgehead atoms. The summed E-state index contributed by atoms with van der Waals surface area (Å²) in [6.45, 7) is 3.36. The van der Waals surface area contributed by atoms with Crippen LogP contribution in [0.3, 0.4) is 0 Å². The number of hydrogen-bond acceptors (Lipinski definition) is 2. The number of hydrogen-bond donors (Lipinski definition) is 1. The van der Waals surface area contributed by atoms with Crippen molar-refractivity contribution in [3.63, 3.8) is 0 Å². The molecule has 0 radical (unpaired) electrons. The molecule has 2 rings (SSSR count). The first-order valence-corrected chi connectivity index (χ1v) is 6.19. The van der Waals surface area contributed by atoms with Crippen molar-refractivity contribution in [1.82, 2.24) is 9.78 Å². The van der Waals surface area contributed by atoms with Gasteiger partial charge in [0.05, 0.1) is 17.9 Å². The van der Waals surface area contributed by atoms with Gasteiger partial charge in [0.1, 0.15) is 0 Å². The lowest BCUT2D eigenvalue weighted by Crippen LogP contribution is -2.08. The molecule has 0 aliphatic rings. The minimum Gasteiger partial charge on any atom is -0.392 e. The third-order valence-electron chi connectivity index (χ3n) is 2.96. The van der Waals surface area contributed by atoms with E-state index in [2.05, 4.69) is 5.10 Å². The number of alkyl halides is 3. The van der Waals surface area contributed by atoms with Crippen molar-refractivity contribution >= 4 is 0 Å². The standard InChI is InChI=1S/C14H15F3N2O/c1-9(2)19-13(3-4-18-19)11-5-10(8-20)6-12(7-11)14(15,16)17/h3-7,9,20H,8H2,1-2H3. The molecular formula is C14H15F3N2O.